The van der Waals surface area contributed by atoms with Crippen molar-refractivity contribution in [3.05, 3.63) is 41.3 Å². The number of rotatable bonds is 3. The molecular formula is C16H16FN3OS. The van der Waals surface area contributed by atoms with E-state index in [2.05, 4.69) is 15.2 Å². The summed E-state index contributed by atoms with van der Waals surface area (Å²) in [6.45, 7) is 3.19. The van der Waals surface area contributed by atoms with E-state index in [1.165, 1.54) is 23.5 Å². The minimum atomic E-state index is -0.284. The molecule has 3 atom stereocenters. The summed E-state index contributed by atoms with van der Waals surface area (Å²) in [5, 5.41) is 3.54. The maximum absolute atomic E-state index is 13.3. The summed E-state index contributed by atoms with van der Waals surface area (Å²) in [5.41, 5.74) is 0.752. The van der Waals surface area contributed by atoms with Crippen LogP contribution < -0.4 is 5.32 Å². The van der Waals surface area contributed by atoms with Gasteiger partial charge in [0.1, 0.15) is 5.82 Å². The molecular weight excluding hydrogens is 301 g/mol. The fraction of sp³-hybridized carbons (Fsp3) is 0.375. The first-order chi connectivity index (χ1) is 10.7. The Morgan fingerprint density at radius 3 is 3.05 bits per heavy atom. The quantitative estimate of drug-likeness (QED) is 0.945. The van der Waals surface area contributed by atoms with Crippen molar-refractivity contribution >= 4 is 17.2 Å². The first-order valence-corrected chi connectivity index (χ1v) is 8.26. The summed E-state index contributed by atoms with van der Waals surface area (Å²) in [4.78, 5) is 19.7. The molecule has 2 bridgehead atoms. The predicted octanol–water partition coefficient (Wildman–Crippen LogP) is 2.38. The number of hydrogen-bond acceptors (Lipinski definition) is 4. The van der Waals surface area contributed by atoms with Gasteiger partial charge in [-0.15, -0.1) is 11.3 Å². The molecule has 2 saturated heterocycles. The van der Waals surface area contributed by atoms with E-state index in [4.69, 9.17) is 0 Å². The third-order valence-electron chi connectivity index (χ3n) is 4.46. The number of amides is 1. The number of fused-ring (bicyclic) bond motifs is 2. The van der Waals surface area contributed by atoms with E-state index in [0.29, 0.717) is 10.9 Å². The SMILES string of the molecule is O=C(NC1CN2CC[C@H]1C2)c1ncc(-c2cccc(F)c2)s1. The maximum atomic E-state index is 13.3. The lowest BCUT2D eigenvalue weighted by atomic mass is 10.0. The van der Waals surface area contributed by atoms with Gasteiger partial charge in [0.05, 0.1) is 4.88 Å². The topological polar surface area (TPSA) is 45.2 Å². The van der Waals surface area contributed by atoms with Gasteiger partial charge in [-0.05, 0) is 36.6 Å². The molecule has 1 aromatic carbocycles. The zero-order chi connectivity index (χ0) is 15.1. The Hall–Kier alpha value is -1.79. The van der Waals surface area contributed by atoms with E-state index in [-0.39, 0.29) is 17.8 Å². The fourth-order valence-electron chi connectivity index (χ4n) is 3.33. The van der Waals surface area contributed by atoms with Gasteiger partial charge < -0.3 is 10.2 Å². The summed E-state index contributed by atoms with van der Waals surface area (Å²) < 4.78 is 13.3. The van der Waals surface area contributed by atoms with Gasteiger partial charge in [0.25, 0.3) is 5.91 Å². The Morgan fingerprint density at radius 2 is 2.32 bits per heavy atom. The average Bonchev–Trinajstić information content (AvgIpc) is 3.23. The van der Waals surface area contributed by atoms with Gasteiger partial charge >= 0.3 is 0 Å². The molecule has 2 aromatic rings. The molecule has 114 valence electrons. The molecule has 0 radical (unpaired) electrons. The number of aromatic nitrogens is 1. The second-order valence-corrected chi connectivity index (χ2v) is 6.96. The summed E-state index contributed by atoms with van der Waals surface area (Å²) in [6.07, 6.45) is 2.80. The molecule has 2 aliphatic rings. The average molecular weight is 317 g/mol. The second kappa shape index (κ2) is 5.44. The Kier molecular flexibility index (Phi) is 3.43. The lowest BCUT2D eigenvalue weighted by molar-refractivity contribution is 0.0924. The first-order valence-electron chi connectivity index (χ1n) is 7.44. The third-order valence-corrected chi connectivity index (χ3v) is 5.50. The van der Waals surface area contributed by atoms with Gasteiger partial charge in [-0.25, -0.2) is 9.37 Å². The van der Waals surface area contributed by atoms with Crippen LogP contribution in [0.5, 0.6) is 0 Å². The summed E-state index contributed by atoms with van der Waals surface area (Å²) in [7, 11) is 0. The smallest absolute Gasteiger partial charge is 0.280 e. The van der Waals surface area contributed by atoms with Crippen LogP contribution in [0.15, 0.2) is 30.5 Å². The molecule has 1 N–H and O–H groups in total. The number of halogens is 1. The number of nitrogens with one attached hydrogen (secondary N) is 1. The van der Waals surface area contributed by atoms with Crippen LogP contribution in [0, 0.1) is 11.7 Å². The number of nitrogens with zero attached hydrogens (tertiary/aromatic N) is 2. The van der Waals surface area contributed by atoms with Gasteiger partial charge in [-0.2, -0.15) is 0 Å². The molecule has 3 heterocycles. The van der Waals surface area contributed by atoms with Crippen LogP contribution >= 0.6 is 11.3 Å². The van der Waals surface area contributed by atoms with Gasteiger partial charge in [-0.3, -0.25) is 4.79 Å². The molecule has 4 nitrogen and oxygen atoms in total. The predicted molar refractivity (Wildman–Crippen MR) is 83.3 cm³/mol. The largest absolute Gasteiger partial charge is 0.346 e. The monoisotopic (exact) mass is 317 g/mol. The van der Waals surface area contributed by atoms with E-state index in [0.717, 1.165) is 36.5 Å². The lowest BCUT2D eigenvalue weighted by Crippen LogP contribution is -2.43. The highest BCUT2D eigenvalue weighted by atomic mass is 32.1. The molecule has 6 heteroatoms. The molecule has 2 aliphatic heterocycles. The highest BCUT2D eigenvalue weighted by molar-refractivity contribution is 7.16. The maximum Gasteiger partial charge on any atom is 0.280 e. The molecule has 4 rings (SSSR count). The number of thiazole rings is 1. The molecule has 22 heavy (non-hydrogen) atoms. The lowest BCUT2D eigenvalue weighted by Gasteiger charge is -2.22. The zero-order valence-corrected chi connectivity index (χ0v) is 12.8. The molecule has 2 unspecified atom stereocenters. The Labute approximate surface area is 132 Å². The molecule has 0 aliphatic carbocycles. The zero-order valence-electron chi connectivity index (χ0n) is 12.0. The molecule has 2 fully saturated rings. The first kappa shape index (κ1) is 13.8. The van der Waals surface area contributed by atoms with Crippen LogP contribution in [0.25, 0.3) is 10.4 Å². The highest BCUT2D eigenvalue weighted by Gasteiger charge is 2.38. The fourth-order valence-corrected chi connectivity index (χ4v) is 4.15. The van der Waals surface area contributed by atoms with Gasteiger partial charge in [0.2, 0.25) is 0 Å². The van der Waals surface area contributed by atoms with Crippen molar-refractivity contribution < 1.29 is 9.18 Å². The van der Waals surface area contributed by atoms with Crippen LogP contribution in [0.1, 0.15) is 16.2 Å². The van der Waals surface area contributed by atoms with E-state index >= 15 is 0 Å². The number of benzene rings is 1. The normalized spacial score (nSPS) is 26.3. The Balaban J connectivity index is 1.48. The molecule has 0 saturated carbocycles. The summed E-state index contributed by atoms with van der Waals surface area (Å²) in [5.74, 6) is 0.172. The van der Waals surface area contributed by atoms with Crippen LogP contribution in [0.2, 0.25) is 0 Å². The number of hydrogen-bond donors (Lipinski definition) is 1. The molecule has 0 spiro atoms. The minimum Gasteiger partial charge on any atom is -0.346 e. The van der Waals surface area contributed by atoms with Crippen LogP contribution in [-0.2, 0) is 0 Å². The van der Waals surface area contributed by atoms with Gasteiger partial charge in [0, 0.05) is 25.3 Å². The van der Waals surface area contributed by atoms with E-state index < -0.39 is 0 Å². The Morgan fingerprint density at radius 1 is 1.41 bits per heavy atom. The second-order valence-electron chi connectivity index (χ2n) is 5.93. The van der Waals surface area contributed by atoms with Crippen molar-refractivity contribution in [3.63, 3.8) is 0 Å². The van der Waals surface area contributed by atoms with Crippen molar-refractivity contribution in [2.75, 3.05) is 19.6 Å². The van der Waals surface area contributed by atoms with Crippen molar-refractivity contribution in [1.29, 1.82) is 0 Å². The van der Waals surface area contributed by atoms with Gasteiger partial charge in [-0.1, -0.05) is 12.1 Å². The van der Waals surface area contributed by atoms with Crippen molar-refractivity contribution in [2.45, 2.75) is 12.5 Å². The van der Waals surface area contributed by atoms with Gasteiger partial charge in [0.15, 0.2) is 5.01 Å². The van der Waals surface area contributed by atoms with Crippen LogP contribution in [-0.4, -0.2) is 41.5 Å². The standard InChI is InChI=1S/C16H16FN3OS/c17-12-3-1-2-10(6-12)14-7-18-16(22-14)15(21)19-13-9-20-5-4-11(13)8-20/h1-3,6-7,11,13H,4-5,8-9H2,(H,19,21)/t11-,13?/m0/s1. The van der Waals surface area contributed by atoms with E-state index in [9.17, 15) is 9.18 Å². The van der Waals surface area contributed by atoms with Crippen LogP contribution in [0.3, 0.4) is 0 Å². The summed E-state index contributed by atoms with van der Waals surface area (Å²) >= 11 is 1.30. The number of carbonyl (C=O) groups is 1. The number of piperidine rings is 1. The van der Waals surface area contributed by atoms with E-state index in [1.807, 2.05) is 6.07 Å². The van der Waals surface area contributed by atoms with Crippen LogP contribution in [0.4, 0.5) is 4.39 Å². The molecule has 1 amide bonds. The molecule has 1 aromatic heterocycles. The van der Waals surface area contributed by atoms with Crippen molar-refractivity contribution in [2.24, 2.45) is 5.92 Å². The summed E-state index contributed by atoms with van der Waals surface area (Å²) in [6, 6.07) is 6.58. The third kappa shape index (κ3) is 2.53. The van der Waals surface area contributed by atoms with E-state index in [1.54, 1.807) is 12.3 Å². The Bertz CT molecular complexity index is 717. The number of carbonyl (C=O) groups excluding carboxylic acids is 1. The highest BCUT2D eigenvalue weighted by Crippen LogP contribution is 2.29. The van der Waals surface area contributed by atoms with Crippen molar-refractivity contribution in [3.8, 4) is 10.4 Å². The van der Waals surface area contributed by atoms with Crippen molar-refractivity contribution in [1.82, 2.24) is 15.2 Å². The minimum absolute atomic E-state index is 0.119.